The lowest BCUT2D eigenvalue weighted by Crippen LogP contribution is -2.24. The lowest BCUT2D eigenvalue weighted by Gasteiger charge is -2.15. The van der Waals surface area contributed by atoms with Crippen LogP contribution in [0.3, 0.4) is 0 Å². The van der Waals surface area contributed by atoms with Gasteiger partial charge in [-0.2, -0.15) is 18.2 Å². The van der Waals surface area contributed by atoms with E-state index in [0.29, 0.717) is 12.5 Å². The van der Waals surface area contributed by atoms with Crippen LogP contribution in [0.2, 0.25) is 0 Å². The first kappa shape index (κ1) is 14.5. The van der Waals surface area contributed by atoms with E-state index in [1.165, 1.54) is 13.1 Å². The molecule has 4 nitrogen and oxygen atoms in total. The van der Waals surface area contributed by atoms with Gasteiger partial charge in [0.1, 0.15) is 0 Å². The van der Waals surface area contributed by atoms with Gasteiger partial charge in [0.05, 0.1) is 13.0 Å². The fourth-order valence-electron chi connectivity index (χ4n) is 1.32. The fraction of sp³-hybridized carbons (Fsp3) is 0.636. The van der Waals surface area contributed by atoms with Crippen LogP contribution < -0.4 is 10.1 Å². The molecule has 102 valence electrons. The van der Waals surface area contributed by atoms with Crippen molar-refractivity contribution >= 4 is 5.95 Å². The molecule has 1 unspecified atom stereocenters. The quantitative estimate of drug-likeness (QED) is 0.857. The molecular weight excluding hydrogens is 247 g/mol. The lowest BCUT2D eigenvalue weighted by atomic mass is 10.2. The molecule has 0 aromatic carbocycles. The number of hydrogen-bond acceptors (Lipinski definition) is 4. The molecule has 1 aromatic rings. The highest BCUT2D eigenvalue weighted by Gasteiger charge is 2.30. The molecule has 0 spiro atoms. The maximum absolute atomic E-state index is 12.1. The van der Waals surface area contributed by atoms with Crippen molar-refractivity contribution in [1.82, 2.24) is 9.97 Å². The minimum Gasteiger partial charge on any atom is -0.478 e. The molecule has 0 saturated heterocycles. The molecule has 0 radical (unpaired) electrons. The minimum atomic E-state index is -4.21. The first-order chi connectivity index (χ1) is 8.40. The second-order valence-corrected chi connectivity index (χ2v) is 3.93. The van der Waals surface area contributed by atoms with Crippen LogP contribution in [0.4, 0.5) is 19.1 Å². The third kappa shape index (κ3) is 5.70. The van der Waals surface area contributed by atoms with Gasteiger partial charge in [-0.25, -0.2) is 4.98 Å². The first-order valence-corrected chi connectivity index (χ1v) is 5.70. The van der Waals surface area contributed by atoms with E-state index in [-0.39, 0.29) is 5.95 Å². The Hall–Kier alpha value is -1.53. The highest BCUT2D eigenvalue weighted by Crippen LogP contribution is 2.22. The Morgan fingerprint density at radius 3 is 2.78 bits per heavy atom. The standard InChI is InChI=1S/C11H16F3N3O/c1-3-6-18-9-4-5-15-10(17-9)16-8(2)7-11(12,13)14/h4-5,8H,3,6-7H2,1-2H3,(H,15,16,17). The Kier molecular flexibility index (Phi) is 5.18. The first-order valence-electron chi connectivity index (χ1n) is 5.70. The Morgan fingerprint density at radius 2 is 2.17 bits per heavy atom. The van der Waals surface area contributed by atoms with Crippen LogP contribution in [0.15, 0.2) is 12.3 Å². The predicted octanol–water partition coefficient (Wildman–Crippen LogP) is 3.02. The number of aromatic nitrogens is 2. The summed E-state index contributed by atoms with van der Waals surface area (Å²) in [6, 6.07) is 0.779. The van der Waals surface area contributed by atoms with Gasteiger partial charge in [-0.15, -0.1) is 0 Å². The number of nitrogens with zero attached hydrogens (tertiary/aromatic N) is 2. The molecule has 0 fully saturated rings. The van der Waals surface area contributed by atoms with Gasteiger partial charge in [0.15, 0.2) is 0 Å². The van der Waals surface area contributed by atoms with E-state index >= 15 is 0 Å². The molecule has 1 N–H and O–H groups in total. The second kappa shape index (κ2) is 6.42. The van der Waals surface area contributed by atoms with Gasteiger partial charge in [0, 0.05) is 18.3 Å². The van der Waals surface area contributed by atoms with E-state index in [4.69, 9.17) is 4.74 Å². The van der Waals surface area contributed by atoms with Crippen molar-refractivity contribution in [3.05, 3.63) is 12.3 Å². The van der Waals surface area contributed by atoms with E-state index in [2.05, 4.69) is 15.3 Å². The van der Waals surface area contributed by atoms with Gasteiger partial charge in [0.2, 0.25) is 11.8 Å². The van der Waals surface area contributed by atoms with Gasteiger partial charge < -0.3 is 10.1 Å². The van der Waals surface area contributed by atoms with Crippen LogP contribution >= 0.6 is 0 Å². The number of alkyl halides is 3. The average Bonchev–Trinajstić information content (AvgIpc) is 2.24. The zero-order valence-corrected chi connectivity index (χ0v) is 10.3. The smallest absolute Gasteiger partial charge is 0.391 e. The van der Waals surface area contributed by atoms with Crippen LogP contribution in [0, 0.1) is 0 Å². The van der Waals surface area contributed by atoms with Crippen LogP contribution in [-0.4, -0.2) is 28.8 Å². The SMILES string of the molecule is CCCOc1ccnc(NC(C)CC(F)(F)F)n1. The Labute approximate surface area is 104 Å². The predicted molar refractivity (Wildman–Crippen MR) is 61.6 cm³/mol. The number of nitrogens with one attached hydrogen (secondary N) is 1. The number of halogens is 3. The maximum Gasteiger partial charge on any atom is 0.391 e. The Bertz CT molecular complexity index is 371. The number of anilines is 1. The lowest BCUT2D eigenvalue weighted by molar-refractivity contribution is -0.136. The molecule has 0 amide bonds. The second-order valence-electron chi connectivity index (χ2n) is 3.93. The highest BCUT2D eigenvalue weighted by molar-refractivity contribution is 5.28. The van der Waals surface area contributed by atoms with E-state index < -0.39 is 18.6 Å². The molecule has 7 heteroatoms. The molecule has 0 aliphatic carbocycles. The summed E-state index contributed by atoms with van der Waals surface area (Å²) in [5.41, 5.74) is 0. The fourth-order valence-corrected chi connectivity index (χ4v) is 1.32. The summed E-state index contributed by atoms with van der Waals surface area (Å²) in [7, 11) is 0. The van der Waals surface area contributed by atoms with E-state index in [1.54, 1.807) is 6.07 Å². The zero-order chi connectivity index (χ0) is 13.6. The summed E-state index contributed by atoms with van der Waals surface area (Å²) < 4.78 is 41.7. The Balaban J connectivity index is 2.56. The molecule has 18 heavy (non-hydrogen) atoms. The summed E-state index contributed by atoms with van der Waals surface area (Å²) in [6.07, 6.45) is -2.86. The van der Waals surface area contributed by atoms with Gasteiger partial charge in [0.25, 0.3) is 0 Å². The van der Waals surface area contributed by atoms with Gasteiger partial charge >= 0.3 is 6.18 Å². The van der Waals surface area contributed by atoms with Crippen LogP contribution in [0.1, 0.15) is 26.7 Å². The third-order valence-corrected chi connectivity index (χ3v) is 2.00. The van der Waals surface area contributed by atoms with Crippen molar-refractivity contribution in [3.63, 3.8) is 0 Å². The zero-order valence-electron chi connectivity index (χ0n) is 10.3. The summed E-state index contributed by atoms with van der Waals surface area (Å²) in [4.78, 5) is 7.82. The van der Waals surface area contributed by atoms with Gasteiger partial charge in [-0.1, -0.05) is 6.92 Å². The average molecular weight is 263 g/mol. The van der Waals surface area contributed by atoms with Crippen LogP contribution in [-0.2, 0) is 0 Å². The molecule has 1 heterocycles. The Morgan fingerprint density at radius 1 is 1.44 bits per heavy atom. The van der Waals surface area contributed by atoms with Crippen molar-refractivity contribution in [3.8, 4) is 5.88 Å². The number of rotatable bonds is 6. The minimum absolute atomic E-state index is 0.139. The molecule has 1 rings (SSSR count). The van der Waals surface area contributed by atoms with Crippen LogP contribution in [0.5, 0.6) is 5.88 Å². The molecular formula is C11H16F3N3O. The number of ether oxygens (including phenoxy) is 1. The number of hydrogen-bond donors (Lipinski definition) is 1. The monoisotopic (exact) mass is 263 g/mol. The normalized spacial score (nSPS) is 13.2. The van der Waals surface area contributed by atoms with E-state index in [1.807, 2.05) is 6.92 Å². The molecule has 1 aromatic heterocycles. The molecule has 1 atom stereocenters. The maximum atomic E-state index is 12.1. The van der Waals surface area contributed by atoms with Gasteiger partial charge in [-0.05, 0) is 13.3 Å². The third-order valence-electron chi connectivity index (χ3n) is 2.00. The molecule has 0 saturated carbocycles. The summed E-state index contributed by atoms with van der Waals surface area (Å²) >= 11 is 0. The van der Waals surface area contributed by atoms with Crippen LogP contribution in [0.25, 0.3) is 0 Å². The highest BCUT2D eigenvalue weighted by atomic mass is 19.4. The topological polar surface area (TPSA) is 47.0 Å². The van der Waals surface area contributed by atoms with Crippen molar-refractivity contribution in [1.29, 1.82) is 0 Å². The summed E-state index contributed by atoms with van der Waals surface area (Å²) in [6.45, 7) is 3.89. The molecule has 0 aliphatic rings. The largest absolute Gasteiger partial charge is 0.478 e. The van der Waals surface area contributed by atoms with Gasteiger partial charge in [-0.3, -0.25) is 0 Å². The molecule has 0 aliphatic heterocycles. The summed E-state index contributed by atoms with van der Waals surface area (Å²) in [5.74, 6) is 0.494. The van der Waals surface area contributed by atoms with Crippen molar-refractivity contribution < 1.29 is 17.9 Å². The van der Waals surface area contributed by atoms with Crippen molar-refractivity contribution in [2.75, 3.05) is 11.9 Å². The van der Waals surface area contributed by atoms with Crippen molar-refractivity contribution in [2.45, 2.75) is 38.9 Å². The van der Waals surface area contributed by atoms with Crippen molar-refractivity contribution in [2.24, 2.45) is 0 Å². The van der Waals surface area contributed by atoms with E-state index in [0.717, 1.165) is 6.42 Å². The molecule has 0 bridgehead atoms. The summed E-state index contributed by atoms with van der Waals surface area (Å²) in [5, 5.41) is 2.59. The van der Waals surface area contributed by atoms with E-state index in [9.17, 15) is 13.2 Å².